The van der Waals surface area contributed by atoms with Crippen molar-refractivity contribution in [1.82, 2.24) is 4.57 Å². The van der Waals surface area contributed by atoms with E-state index in [9.17, 15) is 18.0 Å². The van der Waals surface area contributed by atoms with Crippen LogP contribution in [0.25, 0.3) is 11.3 Å². The van der Waals surface area contributed by atoms with E-state index >= 15 is 0 Å². The molecule has 0 amide bonds. The summed E-state index contributed by atoms with van der Waals surface area (Å²) in [6.45, 7) is 0. The van der Waals surface area contributed by atoms with Crippen LogP contribution in [0.15, 0.2) is 34.8 Å². The number of carbonyl (C=O) groups is 1. The summed E-state index contributed by atoms with van der Waals surface area (Å²) in [6.07, 6.45) is -4.48. The third-order valence-corrected chi connectivity index (χ3v) is 3.60. The first kappa shape index (κ1) is 14.6. The van der Waals surface area contributed by atoms with Crippen molar-refractivity contribution in [2.45, 2.75) is 6.18 Å². The minimum atomic E-state index is -4.48. The van der Waals surface area contributed by atoms with Crippen molar-refractivity contribution in [2.24, 2.45) is 7.05 Å². The van der Waals surface area contributed by atoms with Crippen molar-refractivity contribution < 1.29 is 23.1 Å². The predicted octanol–water partition coefficient (Wildman–Crippen LogP) is 4.17. The Hall–Kier alpha value is -1.76. The number of nitrogens with zero attached hydrogens (tertiary/aromatic N) is 1. The first-order chi connectivity index (χ1) is 9.21. The van der Waals surface area contributed by atoms with Gasteiger partial charge in [-0.1, -0.05) is 22.0 Å². The Labute approximate surface area is 120 Å². The summed E-state index contributed by atoms with van der Waals surface area (Å²) in [7, 11) is 1.49. The molecule has 0 radical (unpaired) electrons. The molecule has 0 bridgehead atoms. The first-order valence-electron chi connectivity index (χ1n) is 5.48. The molecule has 0 saturated heterocycles. The third kappa shape index (κ3) is 2.58. The summed E-state index contributed by atoms with van der Waals surface area (Å²) >= 11 is 2.86. The zero-order valence-corrected chi connectivity index (χ0v) is 11.8. The lowest BCUT2D eigenvalue weighted by molar-refractivity contribution is -0.138. The van der Waals surface area contributed by atoms with Gasteiger partial charge >= 0.3 is 12.1 Å². The van der Waals surface area contributed by atoms with Crippen molar-refractivity contribution in [3.05, 3.63) is 46.1 Å². The van der Waals surface area contributed by atoms with Gasteiger partial charge in [0.05, 0.1) is 5.56 Å². The van der Waals surface area contributed by atoms with Gasteiger partial charge in [-0.3, -0.25) is 0 Å². The van der Waals surface area contributed by atoms with Gasteiger partial charge in [0.15, 0.2) is 0 Å². The predicted molar refractivity (Wildman–Crippen MR) is 70.5 cm³/mol. The Morgan fingerprint density at radius 2 is 1.90 bits per heavy atom. The zero-order chi connectivity index (χ0) is 15.1. The van der Waals surface area contributed by atoms with E-state index in [2.05, 4.69) is 15.9 Å². The van der Waals surface area contributed by atoms with E-state index in [0.29, 0.717) is 11.3 Å². The van der Waals surface area contributed by atoms with E-state index in [0.717, 1.165) is 6.07 Å². The van der Waals surface area contributed by atoms with Gasteiger partial charge in [-0.15, -0.1) is 0 Å². The standard InChI is InChI=1S/C13H9BrF3NO2/c1-18-10(4-5-11(18)12(19)20)7-2-3-9(14)8(6-7)13(15,16)17/h2-6H,1H3,(H,19,20). The molecule has 0 fully saturated rings. The van der Waals surface area contributed by atoms with Crippen molar-refractivity contribution in [1.29, 1.82) is 0 Å². The van der Waals surface area contributed by atoms with Crippen LogP contribution in [0.2, 0.25) is 0 Å². The van der Waals surface area contributed by atoms with Crippen LogP contribution in [0.3, 0.4) is 0 Å². The summed E-state index contributed by atoms with van der Waals surface area (Å²) in [4.78, 5) is 10.9. The lowest BCUT2D eigenvalue weighted by Crippen LogP contribution is -2.07. The molecule has 20 heavy (non-hydrogen) atoms. The highest BCUT2D eigenvalue weighted by atomic mass is 79.9. The van der Waals surface area contributed by atoms with Crippen LogP contribution >= 0.6 is 15.9 Å². The van der Waals surface area contributed by atoms with E-state index in [4.69, 9.17) is 5.11 Å². The normalized spacial score (nSPS) is 11.7. The average molecular weight is 348 g/mol. The second-order valence-electron chi connectivity index (χ2n) is 4.16. The minimum absolute atomic E-state index is 0.0106. The van der Waals surface area contributed by atoms with E-state index in [1.165, 1.54) is 35.9 Å². The topological polar surface area (TPSA) is 42.2 Å². The SMILES string of the molecule is Cn1c(C(=O)O)ccc1-c1ccc(Br)c(C(F)(F)F)c1. The molecule has 1 heterocycles. The fourth-order valence-corrected chi connectivity index (χ4v) is 2.39. The van der Waals surface area contributed by atoms with Crippen molar-refractivity contribution in [2.75, 3.05) is 0 Å². The molecule has 0 aliphatic carbocycles. The third-order valence-electron chi connectivity index (χ3n) is 2.91. The number of benzene rings is 1. The van der Waals surface area contributed by atoms with Gasteiger partial charge in [-0.25, -0.2) is 4.79 Å². The Morgan fingerprint density at radius 1 is 1.25 bits per heavy atom. The van der Waals surface area contributed by atoms with E-state index < -0.39 is 17.7 Å². The smallest absolute Gasteiger partial charge is 0.417 e. The lowest BCUT2D eigenvalue weighted by Gasteiger charge is -2.12. The molecule has 2 rings (SSSR count). The Balaban J connectivity index is 2.57. The highest BCUT2D eigenvalue weighted by molar-refractivity contribution is 9.10. The highest BCUT2D eigenvalue weighted by Gasteiger charge is 2.33. The molecular formula is C13H9BrF3NO2. The fraction of sp³-hybridized carbons (Fsp3) is 0.154. The van der Waals surface area contributed by atoms with Gasteiger partial charge in [0.2, 0.25) is 0 Å². The van der Waals surface area contributed by atoms with Crippen LogP contribution in [0.5, 0.6) is 0 Å². The largest absolute Gasteiger partial charge is 0.477 e. The van der Waals surface area contributed by atoms with Crippen LogP contribution in [0.4, 0.5) is 13.2 Å². The molecular weight excluding hydrogens is 339 g/mol. The second kappa shape index (κ2) is 4.97. The highest BCUT2D eigenvalue weighted by Crippen LogP contribution is 2.37. The molecule has 1 aromatic carbocycles. The second-order valence-corrected chi connectivity index (χ2v) is 5.01. The zero-order valence-electron chi connectivity index (χ0n) is 10.2. The molecule has 106 valence electrons. The number of halogens is 4. The molecule has 1 aromatic heterocycles. The minimum Gasteiger partial charge on any atom is -0.477 e. The number of alkyl halides is 3. The number of hydrogen-bond acceptors (Lipinski definition) is 1. The van der Waals surface area contributed by atoms with Gasteiger partial charge in [-0.2, -0.15) is 13.2 Å². The number of carboxylic acid groups (broad SMARTS) is 1. The number of carboxylic acids is 1. The van der Waals surface area contributed by atoms with Crippen LogP contribution in [0.1, 0.15) is 16.1 Å². The molecule has 0 atom stereocenters. The summed E-state index contributed by atoms with van der Waals surface area (Å²) in [5.74, 6) is -1.13. The maximum absolute atomic E-state index is 12.8. The van der Waals surface area contributed by atoms with Crippen LogP contribution < -0.4 is 0 Å². The molecule has 7 heteroatoms. The molecule has 2 aromatic rings. The van der Waals surface area contributed by atoms with E-state index in [-0.39, 0.29) is 10.2 Å². The number of rotatable bonds is 2. The number of aromatic nitrogens is 1. The van der Waals surface area contributed by atoms with E-state index in [1.54, 1.807) is 0 Å². The van der Waals surface area contributed by atoms with E-state index in [1.807, 2.05) is 0 Å². The maximum Gasteiger partial charge on any atom is 0.417 e. The molecule has 0 saturated carbocycles. The van der Waals surface area contributed by atoms with Gasteiger partial charge in [-0.05, 0) is 29.8 Å². The quantitative estimate of drug-likeness (QED) is 0.885. The van der Waals surface area contributed by atoms with Crippen molar-refractivity contribution in [3.63, 3.8) is 0 Å². The molecule has 0 aliphatic heterocycles. The molecule has 3 nitrogen and oxygen atoms in total. The Morgan fingerprint density at radius 3 is 2.40 bits per heavy atom. The van der Waals surface area contributed by atoms with Gasteiger partial charge in [0, 0.05) is 17.2 Å². The molecule has 1 N–H and O–H groups in total. The molecule has 0 aliphatic rings. The average Bonchev–Trinajstić information content (AvgIpc) is 2.70. The molecule has 0 spiro atoms. The first-order valence-corrected chi connectivity index (χ1v) is 6.27. The van der Waals surface area contributed by atoms with Crippen LogP contribution in [-0.4, -0.2) is 15.6 Å². The summed E-state index contributed by atoms with van der Waals surface area (Å²) < 4.78 is 39.8. The number of aromatic carboxylic acids is 1. The van der Waals surface area contributed by atoms with Crippen LogP contribution in [0, 0.1) is 0 Å². The lowest BCUT2D eigenvalue weighted by atomic mass is 10.1. The summed E-state index contributed by atoms with van der Waals surface area (Å²) in [6, 6.07) is 6.62. The number of hydrogen-bond donors (Lipinski definition) is 1. The van der Waals surface area contributed by atoms with Crippen molar-refractivity contribution >= 4 is 21.9 Å². The van der Waals surface area contributed by atoms with Crippen LogP contribution in [-0.2, 0) is 13.2 Å². The van der Waals surface area contributed by atoms with Gasteiger partial charge in [0.25, 0.3) is 0 Å². The summed E-state index contributed by atoms with van der Waals surface area (Å²) in [5.41, 5.74) is -0.0829. The Bertz CT molecular complexity index is 677. The molecule has 0 unspecified atom stereocenters. The summed E-state index contributed by atoms with van der Waals surface area (Å²) in [5, 5.41) is 8.95. The maximum atomic E-state index is 12.8. The monoisotopic (exact) mass is 347 g/mol. The van der Waals surface area contributed by atoms with Gasteiger partial charge < -0.3 is 9.67 Å². The Kier molecular flexibility index (Phi) is 3.64. The van der Waals surface area contributed by atoms with Crippen molar-refractivity contribution in [3.8, 4) is 11.3 Å². The fourth-order valence-electron chi connectivity index (χ4n) is 1.92. The van der Waals surface area contributed by atoms with Gasteiger partial charge in [0.1, 0.15) is 5.69 Å².